The lowest BCUT2D eigenvalue weighted by Gasteiger charge is -2.15. The molecule has 2 heterocycles. The van der Waals surface area contributed by atoms with E-state index in [1.54, 1.807) is 29.1 Å². The van der Waals surface area contributed by atoms with Gasteiger partial charge < -0.3 is 4.98 Å². The van der Waals surface area contributed by atoms with E-state index in [9.17, 15) is 13.2 Å². The van der Waals surface area contributed by atoms with Crippen molar-refractivity contribution < 1.29 is 13.2 Å². The topological polar surface area (TPSA) is 96.8 Å². The lowest BCUT2D eigenvalue weighted by molar-refractivity contribution is 0.0971. The molecular weight excluding hydrogens is 436 g/mol. The molecule has 2 aromatic heterocycles. The molecule has 0 unspecified atom stereocenters. The van der Waals surface area contributed by atoms with E-state index >= 15 is 0 Å². The van der Waals surface area contributed by atoms with E-state index in [0.717, 1.165) is 22.1 Å². The molecule has 4 aromatic rings. The summed E-state index contributed by atoms with van der Waals surface area (Å²) in [6.07, 6.45) is 1.67. The molecule has 0 aliphatic heterocycles. The molecule has 2 N–H and O–H groups in total. The third-order valence-electron chi connectivity index (χ3n) is 5.80. The number of benzene rings is 2. The van der Waals surface area contributed by atoms with Gasteiger partial charge in [-0.1, -0.05) is 51.1 Å². The minimum absolute atomic E-state index is 0.0233. The summed E-state index contributed by atoms with van der Waals surface area (Å²) in [6.45, 7) is 10.4. The van der Waals surface area contributed by atoms with Crippen LogP contribution in [-0.2, 0) is 22.0 Å². The zero-order chi connectivity index (χ0) is 24.0. The van der Waals surface area contributed by atoms with Gasteiger partial charge in [0.05, 0.1) is 17.8 Å². The first-order valence-corrected chi connectivity index (χ1v) is 12.2. The van der Waals surface area contributed by atoms with Crippen molar-refractivity contribution in [1.82, 2.24) is 19.5 Å². The van der Waals surface area contributed by atoms with Crippen LogP contribution in [0, 0.1) is 13.8 Å². The fourth-order valence-corrected chi connectivity index (χ4v) is 5.01. The summed E-state index contributed by atoms with van der Waals surface area (Å²) in [5.74, 6) is -0.715. The van der Waals surface area contributed by atoms with E-state index in [0.29, 0.717) is 17.8 Å². The predicted molar refractivity (Wildman–Crippen MR) is 129 cm³/mol. The summed E-state index contributed by atoms with van der Waals surface area (Å²) in [4.78, 5) is 16.2. The highest BCUT2D eigenvalue weighted by Gasteiger charge is 2.27. The Morgan fingerprint density at radius 3 is 2.39 bits per heavy atom. The Hall–Kier alpha value is -3.39. The highest BCUT2D eigenvalue weighted by molar-refractivity contribution is 7.90. The maximum atomic E-state index is 13.3. The minimum atomic E-state index is -4.11. The molecule has 0 atom stereocenters. The summed E-state index contributed by atoms with van der Waals surface area (Å²) >= 11 is 0. The zero-order valence-corrected chi connectivity index (χ0v) is 20.2. The fourth-order valence-electron chi connectivity index (χ4n) is 3.84. The summed E-state index contributed by atoms with van der Waals surface area (Å²) in [7, 11) is -4.11. The number of amides is 1. The summed E-state index contributed by atoms with van der Waals surface area (Å²) < 4.78 is 30.1. The van der Waals surface area contributed by atoms with Gasteiger partial charge in [-0.3, -0.25) is 9.48 Å². The van der Waals surface area contributed by atoms with Crippen molar-refractivity contribution >= 4 is 26.8 Å². The number of hydrogen-bond donors (Lipinski definition) is 2. The molecule has 0 radical (unpaired) electrons. The van der Waals surface area contributed by atoms with Crippen molar-refractivity contribution in [2.45, 2.75) is 51.5 Å². The number of carbonyl (C=O) groups is 1. The highest BCUT2D eigenvalue weighted by atomic mass is 32.2. The van der Waals surface area contributed by atoms with Gasteiger partial charge in [0, 0.05) is 17.0 Å². The fraction of sp³-hybridized carbons (Fsp3) is 0.280. The van der Waals surface area contributed by atoms with Crippen LogP contribution in [0.1, 0.15) is 53.6 Å². The van der Waals surface area contributed by atoms with Crippen LogP contribution in [0.5, 0.6) is 0 Å². The zero-order valence-electron chi connectivity index (χ0n) is 19.4. The number of para-hydroxylation sites is 1. The first kappa shape index (κ1) is 22.8. The highest BCUT2D eigenvalue weighted by Crippen LogP contribution is 2.25. The van der Waals surface area contributed by atoms with Crippen molar-refractivity contribution in [1.29, 1.82) is 0 Å². The standard InChI is InChI=1S/C25H28N4O3S/c1-16-8-6-9-17(2)19(16)15-29-20(14-22(27-29)25(3,4)5)24(30)28-33(31,32)21-11-7-10-18-12-13-26-23(18)21/h6-14,26H,15H2,1-5H3,(H,28,30). The van der Waals surface area contributed by atoms with E-state index in [1.807, 2.05) is 58.9 Å². The van der Waals surface area contributed by atoms with Crippen LogP contribution in [-0.4, -0.2) is 29.1 Å². The van der Waals surface area contributed by atoms with E-state index < -0.39 is 15.9 Å². The largest absolute Gasteiger partial charge is 0.360 e. The normalized spacial score (nSPS) is 12.3. The van der Waals surface area contributed by atoms with Crippen LogP contribution in [0.2, 0.25) is 0 Å². The Balaban J connectivity index is 1.74. The Kier molecular flexibility index (Phi) is 5.66. The van der Waals surface area contributed by atoms with Crippen molar-refractivity contribution in [2.75, 3.05) is 0 Å². The molecule has 0 aliphatic carbocycles. The monoisotopic (exact) mass is 464 g/mol. The van der Waals surface area contributed by atoms with E-state index in [4.69, 9.17) is 0 Å². The molecule has 0 aliphatic rings. The second-order valence-electron chi connectivity index (χ2n) is 9.33. The Morgan fingerprint density at radius 2 is 1.73 bits per heavy atom. The third-order valence-corrected chi connectivity index (χ3v) is 7.17. The number of carbonyl (C=O) groups excluding carboxylic acids is 1. The number of aromatic amines is 1. The number of hydrogen-bond acceptors (Lipinski definition) is 4. The van der Waals surface area contributed by atoms with Crippen molar-refractivity contribution in [3.63, 3.8) is 0 Å². The van der Waals surface area contributed by atoms with Crippen LogP contribution in [0.15, 0.2) is 59.6 Å². The average Bonchev–Trinajstić information content (AvgIpc) is 3.37. The lowest BCUT2D eigenvalue weighted by Crippen LogP contribution is -2.32. The van der Waals surface area contributed by atoms with Crippen molar-refractivity contribution in [3.8, 4) is 0 Å². The molecule has 2 aromatic carbocycles. The Labute approximate surface area is 193 Å². The number of aryl methyl sites for hydroxylation is 2. The van der Waals surface area contributed by atoms with Crippen LogP contribution < -0.4 is 4.72 Å². The first-order chi connectivity index (χ1) is 15.5. The number of sulfonamides is 1. The molecule has 0 saturated heterocycles. The molecule has 0 spiro atoms. The first-order valence-electron chi connectivity index (χ1n) is 10.7. The number of nitrogens with one attached hydrogen (secondary N) is 2. The minimum Gasteiger partial charge on any atom is -0.360 e. The summed E-state index contributed by atoms with van der Waals surface area (Å²) in [5, 5.41) is 5.43. The van der Waals surface area contributed by atoms with Crippen molar-refractivity contribution in [3.05, 3.63) is 82.8 Å². The Morgan fingerprint density at radius 1 is 1.06 bits per heavy atom. The van der Waals surface area contributed by atoms with Gasteiger partial charge in [0.25, 0.3) is 15.9 Å². The molecule has 0 saturated carbocycles. The predicted octanol–water partition coefficient (Wildman–Crippen LogP) is 4.45. The van der Waals surface area contributed by atoms with E-state index in [-0.39, 0.29) is 16.0 Å². The number of H-pyrrole nitrogens is 1. The molecule has 33 heavy (non-hydrogen) atoms. The molecule has 1 amide bonds. The number of nitrogens with zero attached hydrogens (tertiary/aromatic N) is 2. The van der Waals surface area contributed by atoms with Crippen molar-refractivity contribution in [2.24, 2.45) is 0 Å². The second kappa shape index (κ2) is 8.19. The van der Waals surface area contributed by atoms with Crippen LogP contribution in [0.3, 0.4) is 0 Å². The molecule has 172 valence electrons. The quantitative estimate of drug-likeness (QED) is 0.456. The van der Waals surface area contributed by atoms with Gasteiger partial charge in [-0.25, -0.2) is 13.1 Å². The number of aromatic nitrogens is 3. The summed E-state index contributed by atoms with van der Waals surface area (Å²) in [5.41, 5.74) is 4.27. The molecule has 0 fully saturated rings. The Bertz CT molecular complexity index is 1440. The molecule has 4 rings (SSSR count). The van der Waals surface area contributed by atoms with Crippen LogP contribution >= 0.6 is 0 Å². The van der Waals surface area contributed by atoms with Crippen LogP contribution in [0.4, 0.5) is 0 Å². The van der Waals surface area contributed by atoms with Gasteiger partial charge in [-0.15, -0.1) is 0 Å². The van der Waals surface area contributed by atoms with Gasteiger partial charge in [0.2, 0.25) is 0 Å². The van der Waals surface area contributed by atoms with Crippen LogP contribution in [0.25, 0.3) is 10.9 Å². The number of rotatable bonds is 5. The second-order valence-corrected chi connectivity index (χ2v) is 11.0. The average molecular weight is 465 g/mol. The van der Waals surface area contributed by atoms with Gasteiger partial charge in [-0.2, -0.15) is 5.10 Å². The summed E-state index contributed by atoms with van der Waals surface area (Å²) in [6, 6.07) is 14.4. The molecule has 8 heteroatoms. The third kappa shape index (κ3) is 4.43. The maximum absolute atomic E-state index is 13.3. The molecule has 0 bridgehead atoms. The molecule has 7 nitrogen and oxygen atoms in total. The molecular formula is C25H28N4O3S. The van der Waals surface area contributed by atoms with E-state index in [1.165, 1.54) is 6.07 Å². The maximum Gasteiger partial charge on any atom is 0.283 e. The van der Waals surface area contributed by atoms with Gasteiger partial charge >= 0.3 is 0 Å². The van der Waals surface area contributed by atoms with E-state index in [2.05, 4.69) is 14.8 Å². The lowest BCUT2D eigenvalue weighted by atomic mass is 9.92. The number of fused-ring (bicyclic) bond motifs is 1. The van der Waals surface area contributed by atoms with Gasteiger partial charge in [0.1, 0.15) is 10.6 Å². The van der Waals surface area contributed by atoms with Gasteiger partial charge in [0.15, 0.2) is 0 Å². The smallest absolute Gasteiger partial charge is 0.283 e. The van der Waals surface area contributed by atoms with Gasteiger partial charge in [-0.05, 0) is 48.7 Å². The SMILES string of the molecule is Cc1cccc(C)c1Cn1nc(C(C)(C)C)cc1C(=O)NS(=O)(=O)c1cccc2cc[nH]c12.